The van der Waals surface area contributed by atoms with E-state index in [0.717, 1.165) is 25.0 Å². The molecule has 0 bridgehead atoms. The molecule has 3 nitrogen and oxygen atoms in total. The minimum absolute atomic E-state index is 0.139. The summed E-state index contributed by atoms with van der Waals surface area (Å²) in [6, 6.07) is 8.15. The Morgan fingerprint density at radius 3 is 2.78 bits per heavy atom. The number of hydrogen-bond acceptors (Lipinski definition) is 3. The van der Waals surface area contributed by atoms with Gasteiger partial charge in [0.25, 0.3) is 0 Å². The van der Waals surface area contributed by atoms with Gasteiger partial charge in [-0.05, 0) is 24.5 Å². The third-order valence-corrected chi connectivity index (χ3v) is 3.72. The molecular formula is C15H18O3. The monoisotopic (exact) mass is 246 g/mol. The van der Waals surface area contributed by atoms with Crippen molar-refractivity contribution in [2.24, 2.45) is 0 Å². The summed E-state index contributed by atoms with van der Waals surface area (Å²) >= 11 is 0. The molecular weight excluding hydrogens is 228 g/mol. The molecule has 18 heavy (non-hydrogen) atoms. The maximum absolute atomic E-state index is 11.1. The van der Waals surface area contributed by atoms with Crippen LogP contribution in [0.5, 0.6) is 5.75 Å². The van der Waals surface area contributed by atoms with Crippen LogP contribution in [0.4, 0.5) is 0 Å². The van der Waals surface area contributed by atoms with Gasteiger partial charge in [-0.1, -0.05) is 18.2 Å². The first-order chi connectivity index (χ1) is 8.81. The molecule has 1 aliphatic carbocycles. The molecule has 1 aliphatic heterocycles. The van der Waals surface area contributed by atoms with Crippen LogP contribution in [-0.2, 0) is 16.0 Å². The first-order valence-electron chi connectivity index (χ1n) is 6.69. The molecule has 1 fully saturated rings. The van der Waals surface area contributed by atoms with Crippen molar-refractivity contribution < 1.29 is 14.3 Å². The number of benzene rings is 1. The molecule has 96 valence electrons. The van der Waals surface area contributed by atoms with E-state index in [1.165, 1.54) is 5.56 Å². The van der Waals surface area contributed by atoms with Crippen LogP contribution in [-0.4, -0.2) is 24.6 Å². The van der Waals surface area contributed by atoms with E-state index in [1.54, 1.807) is 0 Å². The van der Waals surface area contributed by atoms with E-state index in [9.17, 15) is 4.79 Å². The summed E-state index contributed by atoms with van der Waals surface area (Å²) < 4.78 is 11.7. The van der Waals surface area contributed by atoms with Gasteiger partial charge in [0.15, 0.2) is 0 Å². The van der Waals surface area contributed by atoms with Crippen molar-refractivity contribution in [1.29, 1.82) is 0 Å². The fourth-order valence-electron chi connectivity index (χ4n) is 2.67. The van der Waals surface area contributed by atoms with Gasteiger partial charge in [-0.25, -0.2) is 0 Å². The number of rotatable bonds is 3. The van der Waals surface area contributed by atoms with Gasteiger partial charge in [-0.15, -0.1) is 0 Å². The van der Waals surface area contributed by atoms with Crippen LogP contribution >= 0.6 is 0 Å². The fourth-order valence-corrected chi connectivity index (χ4v) is 2.67. The summed E-state index contributed by atoms with van der Waals surface area (Å²) in [5, 5.41) is 0. The summed E-state index contributed by atoms with van der Waals surface area (Å²) in [5.74, 6) is 1.37. The Morgan fingerprint density at radius 2 is 2.00 bits per heavy atom. The van der Waals surface area contributed by atoms with E-state index in [1.807, 2.05) is 18.2 Å². The average molecular weight is 246 g/mol. The van der Waals surface area contributed by atoms with Gasteiger partial charge in [-0.3, -0.25) is 4.79 Å². The number of carbonyl (C=O) groups is 1. The lowest BCUT2D eigenvalue weighted by atomic mass is 9.96. The standard InChI is InChI=1S/C15H18O3/c16-12-5-7-13(8-6-12)17-10-14-9-11-3-1-2-4-15(11)18-14/h1-4,13-14H,5-10H2. The van der Waals surface area contributed by atoms with Crippen molar-refractivity contribution in [2.45, 2.75) is 44.3 Å². The first-order valence-corrected chi connectivity index (χ1v) is 6.69. The second-order valence-corrected chi connectivity index (χ2v) is 5.12. The predicted octanol–water partition coefficient (Wildman–Crippen LogP) is 2.52. The number of Topliss-reactive ketones (excluding diaryl/α,β-unsaturated/α-hetero) is 1. The molecule has 1 aromatic rings. The Labute approximate surface area is 107 Å². The van der Waals surface area contributed by atoms with Gasteiger partial charge in [0.1, 0.15) is 17.6 Å². The summed E-state index contributed by atoms with van der Waals surface area (Å²) in [6.45, 7) is 0.632. The largest absolute Gasteiger partial charge is 0.487 e. The topological polar surface area (TPSA) is 35.5 Å². The fraction of sp³-hybridized carbons (Fsp3) is 0.533. The van der Waals surface area contributed by atoms with Crippen molar-refractivity contribution in [3.8, 4) is 5.75 Å². The summed E-state index contributed by atoms with van der Waals surface area (Å²) in [6.07, 6.45) is 4.42. The van der Waals surface area contributed by atoms with E-state index in [2.05, 4.69) is 6.07 Å². The molecule has 0 amide bonds. The van der Waals surface area contributed by atoms with E-state index in [4.69, 9.17) is 9.47 Å². The lowest BCUT2D eigenvalue weighted by Crippen LogP contribution is -2.28. The van der Waals surface area contributed by atoms with Crippen LogP contribution in [0.1, 0.15) is 31.2 Å². The third-order valence-electron chi connectivity index (χ3n) is 3.72. The van der Waals surface area contributed by atoms with E-state index < -0.39 is 0 Å². The van der Waals surface area contributed by atoms with Crippen LogP contribution in [0.2, 0.25) is 0 Å². The Morgan fingerprint density at radius 1 is 1.22 bits per heavy atom. The van der Waals surface area contributed by atoms with Crippen LogP contribution in [0.15, 0.2) is 24.3 Å². The van der Waals surface area contributed by atoms with E-state index >= 15 is 0 Å². The molecule has 0 N–H and O–H groups in total. The second-order valence-electron chi connectivity index (χ2n) is 5.12. The molecule has 0 saturated heterocycles. The van der Waals surface area contributed by atoms with Gasteiger partial charge in [0.05, 0.1) is 12.7 Å². The van der Waals surface area contributed by atoms with Gasteiger partial charge in [0, 0.05) is 19.3 Å². The number of hydrogen-bond donors (Lipinski definition) is 0. The highest BCUT2D eigenvalue weighted by Gasteiger charge is 2.25. The number of ether oxygens (including phenoxy) is 2. The SMILES string of the molecule is O=C1CCC(OCC2Cc3ccccc3O2)CC1. The normalized spacial score (nSPS) is 23.8. The second kappa shape index (κ2) is 5.11. The van der Waals surface area contributed by atoms with Crippen molar-refractivity contribution in [1.82, 2.24) is 0 Å². The minimum Gasteiger partial charge on any atom is -0.487 e. The molecule has 3 heteroatoms. The zero-order valence-corrected chi connectivity index (χ0v) is 10.4. The van der Waals surface area contributed by atoms with E-state index in [-0.39, 0.29) is 12.2 Å². The lowest BCUT2D eigenvalue weighted by molar-refractivity contribution is -0.123. The molecule has 0 aromatic heterocycles. The van der Waals surface area contributed by atoms with Gasteiger partial charge in [-0.2, -0.15) is 0 Å². The molecule has 0 spiro atoms. The smallest absolute Gasteiger partial charge is 0.133 e. The molecule has 0 radical (unpaired) electrons. The Hall–Kier alpha value is -1.35. The molecule has 3 rings (SSSR count). The van der Waals surface area contributed by atoms with Crippen LogP contribution in [0, 0.1) is 0 Å². The highest BCUT2D eigenvalue weighted by atomic mass is 16.5. The number of fused-ring (bicyclic) bond motifs is 1. The maximum Gasteiger partial charge on any atom is 0.133 e. The van der Waals surface area contributed by atoms with E-state index in [0.29, 0.717) is 25.2 Å². The van der Waals surface area contributed by atoms with Gasteiger partial charge < -0.3 is 9.47 Å². The zero-order chi connectivity index (χ0) is 12.4. The Bertz CT molecular complexity index is 406. The maximum atomic E-state index is 11.1. The molecule has 1 heterocycles. The Kier molecular flexibility index (Phi) is 3.33. The van der Waals surface area contributed by atoms with Crippen molar-refractivity contribution >= 4 is 5.78 Å². The summed E-state index contributed by atoms with van der Waals surface area (Å²) in [7, 11) is 0. The first kappa shape index (κ1) is 11.7. The Balaban J connectivity index is 1.47. The quantitative estimate of drug-likeness (QED) is 0.822. The zero-order valence-electron chi connectivity index (χ0n) is 10.4. The third kappa shape index (κ3) is 2.56. The molecule has 1 aromatic carbocycles. The van der Waals surface area contributed by atoms with Gasteiger partial charge >= 0.3 is 0 Å². The summed E-state index contributed by atoms with van der Waals surface area (Å²) in [5.41, 5.74) is 1.27. The van der Waals surface area contributed by atoms with Crippen LogP contribution in [0.3, 0.4) is 0 Å². The lowest BCUT2D eigenvalue weighted by Gasteiger charge is -2.23. The molecule has 1 atom stereocenters. The molecule has 1 saturated carbocycles. The van der Waals surface area contributed by atoms with Crippen LogP contribution < -0.4 is 4.74 Å². The van der Waals surface area contributed by atoms with Crippen LogP contribution in [0.25, 0.3) is 0 Å². The number of carbonyl (C=O) groups excluding carboxylic acids is 1. The highest BCUT2D eigenvalue weighted by molar-refractivity contribution is 5.79. The van der Waals surface area contributed by atoms with Crippen molar-refractivity contribution in [2.75, 3.05) is 6.61 Å². The molecule has 2 aliphatic rings. The number of para-hydroxylation sites is 1. The predicted molar refractivity (Wildman–Crippen MR) is 67.8 cm³/mol. The summed E-state index contributed by atoms with van der Waals surface area (Å²) in [4.78, 5) is 11.1. The van der Waals surface area contributed by atoms with Crippen molar-refractivity contribution in [3.05, 3.63) is 29.8 Å². The molecule has 1 unspecified atom stereocenters. The van der Waals surface area contributed by atoms with Crippen molar-refractivity contribution in [3.63, 3.8) is 0 Å². The van der Waals surface area contributed by atoms with Gasteiger partial charge in [0.2, 0.25) is 0 Å². The average Bonchev–Trinajstić information content (AvgIpc) is 2.81. The minimum atomic E-state index is 0.139. The number of ketones is 1. The highest BCUT2D eigenvalue weighted by Crippen LogP contribution is 2.28.